The summed E-state index contributed by atoms with van der Waals surface area (Å²) in [4.78, 5) is 18.1. The summed E-state index contributed by atoms with van der Waals surface area (Å²) in [5, 5.41) is 0. The smallest absolute Gasteiger partial charge is 0.135 e. The number of thioether (sulfide) groups is 1. The number of aryl methyl sites for hydroxylation is 1. The Kier molecular flexibility index (Phi) is 6.95. The lowest BCUT2D eigenvalue weighted by Gasteiger charge is -2.29. The molecule has 3 aliphatic rings. The van der Waals surface area contributed by atoms with Crippen LogP contribution in [0, 0.1) is 18.8 Å². The van der Waals surface area contributed by atoms with E-state index in [0.717, 1.165) is 44.3 Å². The highest BCUT2D eigenvalue weighted by Gasteiger charge is 2.29. The van der Waals surface area contributed by atoms with E-state index in [1.807, 2.05) is 18.0 Å². The highest BCUT2D eigenvalue weighted by molar-refractivity contribution is 8.03. The molecule has 1 fully saturated rings. The first-order valence-corrected chi connectivity index (χ1v) is 13.2. The van der Waals surface area contributed by atoms with E-state index in [2.05, 4.69) is 70.0 Å². The van der Waals surface area contributed by atoms with Crippen molar-refractivity contribution in [1.29, 1.82) is 0 Å². The van der Waals surface area contributed by atoms with E-state index in [9.17, 15) is 4.79 Å². The van der Waals surface area contributed by atoms with Gasteiger partial charge in [0.1, 0.15) is 5.78 Å². The Hall–Kier alpha value is -1.87. The van der Waals surface area contributed by atoms with Gasteiger partial charge in [0, 0.05) is 23.4 Å². The van der Waals surface area contributed by atoms with Crippen molar-refractivity contribution in [1.82, 2.24) is 0 Å². The Labute approximate surface area is 198 Å². The summed E-state index contributed by atoms with van der Waals surface area (Å²) >= 11 is 1.95. The standard InChI is InChI=1S/C29H37NOS/c1-6-32-28-20(3)24(18-26-23(28)14-16-30-26)22-12-13-25(19(2)17-22)29(4,5)15-8-10-21-9-7-11-27(21)31/h12-14,16-18,21,23H,6-11,15H2,1-5H3. The third-order valence-corrected chi connectivity index (χ3v) is 8.68. The molecule has 0 amide bonds. The molecular weight excluding hydrogens is 410 g/mol. The minimum atomic E-state index is 0.115. The summed E-state index contributed by atoms with van der Waals surface area (Å²) in [7, 11) is 0. The van der Waals surface area contributed by atoms with Gasteiger partial charge in [0.2, 0.25) is 0 Å². The van der Waals surface area contributed by atoms with Gasteiger partial charge in [0.15, 0.2) is 0 Å². The van der Waals surface area contributed by atoms with Gasteiger partial charge >= 0.3 is 0 Å². The first kappa shape index (κ1) is 23.3. The first-order valence-electron chi connectivity index (χ1n) is 12.3. The first-order chi connectivity index (χ1) is 15.3. The third-order valence-electron chi connectivity index (χ3n) is 7.52. The summed E-state index contributed by atoms with van der Waals surface area (Å²) in [5.41, 5.74) is 8.06. The summed E-state index contributed by atoms with van der Waals surface area (Å²) < 4.78 is 0. The van der Waals surface area contributed by atoms with Crippen LogP contribution in [-0.2, 0) is 10.2 Å². The van der Waals surface area contributed by atoms with E-state index < -0.39 is 0 Å². The summed E-state index contributed by atoms with van der Waals surface area (Å²) in [5.74, 6) is 2.25. The molecule has 3 heteroatoms. The van der Waals surface area contributed by atoms with Crippen molar-refractivity contribution in [2.75, 3.05) is 5.75 Å². The molecule has 0 N–H and O–H groups in total. The molecule has 1 aromatic rings. The second kappa shape index (κ2) is 9.55. The molecule has 0 saturated heterocycles. The Morgan fingerprint density at radius 2 is 2.03 bits per heavy atom. The van der Waals surface area contributed by atoms with Crippen molar-refractivity contribution in [2.45, 2.75) is 78.6 Å². The number of allylic oxidation sites excluding steroid dienone is 5. The van der Waals surface area contributed by atoms with Gasteiger partial charge in [-0.2, -0.15) is 0 Å². The zero-order valence-corrected chi connectivity index (χ0v) is 21.1. The van der Waals surface area contributed by atoms with E-state index in [4.69, 9.17) is 0 Å². The SMILES string of the molecule is CCSC1=C(C)C(c2ccc(C(C)(C)CCCC3CCCC3=O)c(C)c2)=CC2=NC=CC21. The molecule has 0 radical (unpaired) electrons. The van der Waals surface area contributed by atoms with Crippen LogP contribution >= 0.6 is 11.8 Å². The lowest BCUT2D eigenvalue weighted by atomic mass is 9.76. The van der Waals surface area contributed by atoms with Gasteiger partial charge in [-0.3, -0.25) is 9.79 Å². The highest BCUT2D eigenvalue weighted by atomic mass is 32.2. The normalized spacial score (nSPS) is 23.0. The molecule has 0 bridgehead atoms. The van der Waals surface area contributed by atoms with Crippen molar-refractivity contribution in [3.05, 3.63) is 63.7 Å². The van der Waals surface area contributed by atoms with Crippen LogP contribution in [0.2, 0.25) is 0 Å². The van der Waals surface area contributed by atoms with Crippen molar-refractivity contribution in [2.24, 2.45) is 16.8 Å². The fraction of sp³-hybridized carbons (Fsp3) is 0.517. The van der Waals surface area contributed by atoms with Crippen LogP contribution < -0.4 is 0 Å². The molecule has 1 heterocycles. The van der Waals surface area contributed by atoms with Crippen molar-refractivity contribution < 1.29 is 4.79 Å². The van der Waals surface area contributed by atoms with E-state index >= 15 is 0 Å². The molecular formula is C29H37NOS. The lowest BCUT2D eigenvalue weighted by Crippen LogP contribution is -2.20. The minimum Gasteiger partial charge on any atom is -0.299 e. The maximum Gasteiger partial charge on any atom is 0.135 e. The number of hydrogen-bond donors (Lipinski definition) is 0. The number of nitrogens with zero attached hydrogens (tertiary/aromatic N) is 1. The molecule has 170 valence electrons. The van der Waals surface area contributed by atoms with E-state index in [0.29, 0.717) is 17.6 Å². The Bertz CT molecular complexity index is 1020. The molecule has 2 nitrogen and oxygen atoms in total. The maximum atomic E-state index is 12.0. The monoisotopic (exact) mass is 447 g/mol. The number of benzene rings is 1. The van der Waals surface area contributed by atoms with Crippen LogP contribution in [0.1, 0.15) is 82.9 Å². The number of rotatable bonds is 8. The molecule has 0 aromatic heterocycles. The second-order valence-corrected chi connectivity index (χ2v) is 11.5. The summed E-state index contributed by atoms with van der Waals surface area (Å²) in [6, 6.07) is 7.01. The van der Waals surface area contributed by atoms with Gasteiger partial charge in [0.05, 0.1) is 11.6 Å². The predicted molar refractivity (Wildman–Crippen MR) is 139 cm³/mol. The predicted octanol–water partition coefficient (Wildman–Crippen LogP) is 7.82. The largest absolute Gasteiger partial charge is 0.299 e. The minimum absolute atomic E-state index is 0.115. The fourth-order valence-electron chi connectivity index (χ4n) is 5.73. The second-order valence-electron chi connectivity index (χ2n) is 10.2. The number of fused-ring (bicyclic) bond motifs is 1. The van der Waals surface area contributed by atoms with Crippen LogP contribution in [0.4, 0.5) is 0 Å². The van der Waals surface area contributed by atoms with Gasteiger partial charge in [-0.05, 0) is 84.6 Å². The molecule has 2 aliphatic carbocycles. The fourth-order valence-corrected chi connectivity index (χ4v) is 6.74. The Morgan fingerprint density at radius 1 is 1.22 bits per heavy atom. The van der Waals surface area contributed by atoms with Crippen LogP contribution in [0.5, 0.6) is 0 Å². The zero-order chi connectivity index (χ0) is 22.9. The number of carbonyl (C=O) groups excluding carboxylic acids is 1. The van der Waals surface area contributed by atoms with Crippen molar-refractivity contribution >= 4 is 28.8 Å². The maximum absolute atomic E-state index is 12.0. The van der Waals surface area contributed by atoms with E-state index in [-0.39, 0.29) is 5.41 Å². The van der Waals surface area contributed by atoms with Gasteiger partial charge in [-0.1, -0.05) is 51.5 Å². The van der Waals surface area contributed by atoms with Crippen molar-refractivity contribution in [3.8, 4) is 0 Å². The summed E-state index contributed by atoms with van der Waals surface area (Å²) in [6.07, 6.45) is 12.8. The van der Waals surface area contributed by atoms with Crippen LogP contribution in [0.25, 0.3) is 5.57 Å². The molecule has 1 aromatic carbocycles. The zero-order valence-electron chi connectivity index (χ0n) is 20.3. The Morgan fingerprint density at radius 3 is 2.72 bits per heavy atom. The number of hydrogen-bond acceptors (Lipinski definition) is 3. The van der Waals surface area contributed by atoms with Crippen LogP contribution in [0.3, 0.4) is 0 Å². The lowest BCUT2D eigenvalue weighted by molar-refractivity contribution is -0.120. The molecule has 0 spiro atoms. The number of aliphatic imine (C=N–C) groups is 1. The molecule has 2 unspecified atom stereocenters. The molecule has 1 aliphatic heterocycles. The van der Waals surface area contributed by atoms with E-state index in [1.54, 1.807) is 0 Å². The topological polar surface area (TPSA) is 29.4 Å². The van der Waals surface area contributed by atoms with Gasteiger partial charge in [0.25, 0.3) is 0 Å². The molecule has 2 atom stereocenters. The third kappa shape index (κ3) is 4.59. The Balaban J connectivity index is 1.53. The quantitative estimate of drug-likeness (QED) is 0.406. The van der Waals surface area contributed by atoms with Gasteiger partial charge in [-0.25, -0.2) is 0 Å². The number of carbonyl (C=O) groups is 1. The average Bonchev–Trinajstić information content (AvgIpc) is 3.38. The van der Waals surface area contributed by atoms with Gasteiger partial charge < -0.3 is 0 Å². The van der Waals surface area contributed by atoms with E-state index in [1.165, 1.54) is 38.5 Å². The van der Waals surface area contributed by atoms with Crippen LogP contribution in [-0.4, -0.2) is 17.2 Å². The number of Topliss-reactive ketones (excluding diaryl/α,β-unsaturated/α-hetero) is 1. The molecule has 1 saturated carbocycles. The summed E-state index contributed by atoms with van der Waals surface area (Å²) in [6.45, 7) is 11.5. The highest BCUT2D eigenvalue weighted by Crippen LogP contribution is 2.43. The van der Waals surface area contributed by atoms with Crippen molar-refractivity contribution in [3.63, 3.8) is 0 Å². The number of ketones is 1. The molecule has 4 rings (SSSR count). The van der Waals surface area contributed by atoms with Gasteiger partial charge in [-0.15, -0.1) is 11.8 Å². The van der Waals surface area contributed by atoms with Crippen LogP contribution in [0.15, 0.2) is 52.0 Å². The average molecular weight is 448 g/mol. The molecule has 32 heavy (non-hydrogen) atoms.